The first kappa shape index (κ1) is 11.8. The summed E-state index contributed by atoms with van der Waals surface area (Å²) in [5.74, 6) is -0.235. The average Bonchev–Trinajstić information content (AvgIpc) is 2.74. The van der Waals surface area contributed by atoms with Crippen molar-refractivity contribution in [3.05, 3.63) is 53.1 Å². The summed E-state index contributed by atoms with van der Waals surface area (Å²) in [6.07, 6.45) is 2.50. The number of halogens is 1. The van der Waals surface area contributed by atoms with Gasteiger partial charge in [-0.1, -0.05) is 19.1 Å². The van der Waals surface area contributed by atoms with E-state index in [1.54, 1.807) is 18.3 Å². The van der Waals surface area contributed by atoms with E-state index in [1.807, 2.05) is 11.6 Å². The van der Waals surface area contributed by atoms with Gasteiger partial charge in [0, 0.05) is 11.3 Å². The van der Waals surface area contributed by atoms with Gasteiger partial charge in [0.15, 0.2) is 0 Å². The van der Waals surface area contributed by atoms with Crippen LogP contribution >= 0.6 is 0 Å². The smallest absolute Gasteiger partial charge is 0.123 e. The molecule has 0 unspecified atom stereocenters. The molecular formula is C13H15FN2O. The summed E-state index contributed by atoms with van der Waals surface area (Å²) in [4.78, 5) is 0. The van der Waals surface area contributed by atoms with Crippen LogP contribution in [0.2, 0.25) is 0 Å². The molecule has 1 N–H and O–H groups in total. The lowest BCUT2D eigenvalue weighted by molar-refractivity contribution is 0.280. The Labute approximate surface area is 99.5 Å². The highest BCUT2D eigenvalue weighted by Gasteiger charge is 2.08. The molecule has 0 amide bonds. The van der Waals surface area contributed by atoms with Crippen LogP contribution in [0.25, 0.3) is 0 Å². The Balaban J connectivity index is 2.23. The number of hydrogen-bond acceptors (Lipinski definition) is 2. The number of aliphatic hydroxyl groups is 1. The van der Waals surface area contributed by atoms with Crippen LogP contribution in [0.3, 0.4) is 0 Å². The van der Waals surface area contributed by atoms with Gasteiger partial charge < -0.3 is 5.11 Å². The van der Waals surface area contributed by atoms with Gasteiger partial charge in [0.05, 0.1) is 19.3 Å². The van der Waals surface area contributed by atoms with Crippen LogP contribution in [0, 0.1) is 5.82 Å². The maximum atomic E-state index is 12.8. The van der Waals surface area contributed by atoms with E-state index in [0.29, 0.717) is 6.54 Å². The summed E-state index contributed by atoms with van der Waals surface area (Å²) in [6, 6.07) is 6.37. The summed E-state index contributed by atoms with van der Waals surface area (Å²) in [5.41, 5.74) is 2.88. The summed E-state index contributed by atoms with van der Waals surface area (Å²) in [5, 5.41) is 13.4. The van der Waals surface area contributed by atoms with Gasteiger partial charge in [-0.05, 0) is 24.1 Å². The van der Waals surface area contributed by atoms with Crippen molar-refractivity contribution in [2.45, 2.75) is 26.5 Å². The third kappa shape index (κ3) is 2.53. The number of aliphatic hydroxyl groups excluding tert-OH is 1. The fraction of sp³-hybridized carbons (Fsp3) is 0.308. The van der Waals surface area contributed by atoms with Crippen LogP contribution < -0.4 is 0 Å². The number of nitrogens with zero attached hydrogens (tertiary/aromatic N) is 2. The minimum absolute atomic E-state index is 0.00654. The molecule has 1 aromatic heterocycles. The van der Waals surface area contributed by atoms with E-state index in [0.717, 1.165) is 23.2 Å². The minimum atomic E-state index is -0.235. The van der Waals surface area contributed by atoms with Gasteiger partial charge in [0.2, 0.25) is 0 Å². The van der Waals surface area contributed by atoms with Gasteiger partial charge in [-0.3, -0.25) is 4.68 Å². The summed E-state index contributed by atoms with van der Waals surface area (Å²) in [6.45, 7) is 2.63. The van der Waals surface area contributed by atoms with E-state index in [1.165, 1.54) is 12.1 Å². The fourth-order valence-electron chi connectivity index (χ4n) is 1.89. The maximum Gasteiger partial charge on any atom is 0.123 e. The van der Waals surface area contributed by atoms with Crippen molar-refractivity contribution in [1.82, 2.24) is 9.78 Å². The average molecular weight is 234 g/mol. The highest BCUT2D eigenvalue weighted by Crippen LogP contribution is 2.12. The Hall–Kier alpha value is -1.68. The lowest BCUT2D eigenvalue weighted by atomic mass is 10.2. The van der Waals surface area contributed by atoms with Crippen molar-refractivity contribution in [3.8, 4) is 0 Å². The molecule has 0 saturated carbocycles. The molecule has 0 saturated heterocycles. The topological polar surface area (TPSA) is 38.1 Å². The third-order valence-electron chi connectivity index (χ3n) is 2.79. The SMILES string of the molecule is CCc1c(CO)cnn1Cc1ccc(F)cc1. The number of aromatic nitrogens is 2. The Morgan fingerprint density at radius 1 is 1.29 bits per heavy atom. The first-order chi connectivity index (χ1) is 8.24. The molecule has 0 aliphatic heterocycles. The second-order valence-electron chi connectivity index (χ2n) is 3.91. The van der Waals surface area contributed by atoms with Crippen LogP contribution in [-0.2, 0) is 19.6 Å². The van der Waals surface area contributed by atoms with Gasteiger partial charge in [-0.15, -0.1) is 0 Å². The number of rotatable bonds is 4. The molecule has 0 bridgehead atoms. The minimum Gasteiger partial charge on any atom is -0.392 e. The first-order valence-corrected chi connectivity index (χ1v) is 5.63. The third-order valence-corrected chi connectivity index (χ3v) is 2.79. The van der Waals surface area contributed by atoms with E-state index in [4.69, 9.17) is 5.11 Å². The molecule has 2 rings (SSSR count). The second-order valence-corrected chi connectivity index (χ2v) is 3.91. The van der Waals surface area contributed by atoms with Crippen LogP contribution in [0.1, 0.15) is 23.7 Å². The molecule has 2 aromatic rings. The van der Waals surface area contributed by atoms with Crippen molar-refractivity contribution in [3.63, 3.8) is 0 Å². The lowest BCUT2D eigenvalue weighted by Crippen LogP contribution is -2.06. The standard InChI is InChI=1S/C13H15FN2O/c1-2-13-11(9-17)7-15-16(13)8-10-3-5-12(14)6-4-10/h3-7,17H,2,8-9H2,1H3. The Kier molecular flexibility index (Phi) is 3.54. The molecule has 0 spiro atoms. The molecule has 0 atom stereocenters. The van der Waals surface area contributed by atoms with Crippen molar-refractivity contribution in [2.75, 3.05) is 0 Å². The van der Waals surface area contributed by atoms with Crippen molar-refractivity contribution in [1.29, 1.82) is 0 Å². The normalized spacial score (nSPS) is 10.8. The quantitative estimate of drug-likeness (QED) is 0.880. The molecule has 17 heavy (non-hydrogen) atoms. The van der Waals surface area contributed by atoms with Crippen molar-refractivity contribution >= 4 is 0 Å². The fourth-order valence-corrected chi connectivity index (χ4v) is 1.89. The van der Waals surface area contributed by atoms with E-state index in [9.17, 15) is 4.39 Å². The first-order valence-electron chi connectivity index (χ1n) is 5.63. The molecule has 0 radical (unpaired) electrons. The zero-order chi connectivity index (χ0) is 12.3. The maximum absolute atomic E-state index is 12.8. The zero-order valence-corrected chi connectivity index (χ0v) is 9.73. The Morgan fingerprint density at radius 2 is 2.00 bits per heavy atom. The predicted octanol–water partition coefficient (Wildman–Crippen LogP) is 2.13. The molecule has 1 heterocycles. The Bertz CT molecular complexity index is 491. The molecule has 1 aromatic carbocycles. The van der Waals surface area contributed by atoms with Gasteiger partial charge in [0.1, 0.15) is 5.82 Å². The summed E-state index contributed by atoms with van der Waals surface area (Å²) in [7, 11) is 0. The Morgan fingerprint density at radius 3 is 2.59 bits per heavy atom. The zero-order valence-electron chi connectivity index (χ0n) is 9.73. The van der Waals surface area contributed by atoms with E-state index in [2.05, 4.69) is 5.10 Å². The molecular weight excluding hydrogens is 219 g/mol. The molecule has 0 aliphatic rings. The van der Waals surface area contributed by atoms with Gasteiger partial charge >= 0.3 is 0 Å². The molecule has 3 nitrogen and oxygen atoms in total. The van der Waals surface area contributed by atoms with Gasteiger partial charge in [-0.25, -0.2) is 4.39 Å². The van der Waals surface area contributed by atoms with Crippen molar-refractivity contribution in [2.24, 2.45) is 0 Å². The molecule has 90 valence electrons. The number of hydrogen-bond donors (Lipinski definition) is 1. The summed E-state index contributed by atoms with van der Waals surface area (Å²) >= 11 is 0. The lowest BCUT2D eigenvalue weighted by Gasteiger charge is -2.07. The molecule has 0 fully saturated rings. The number of benzene rings is 1. The van der Waals surface area contributed by atoms with Crippen LogP contribution in [0.5, 0.6) is 0 Å². The van der Waals surface area contributed by atoms with Gasteiger partial charge in [0.25, 0.3) is 0 Å². The van der Waals surface area contributed by atoms with Gasteiger partial charge in [-0.2, -0.15) is 5.10 Å². The molecule has 0 aliphatic carbocycles. The highest BCUT2D eigenvalue weighted by molar-refractivity contribution is 5.20. The largest absolute Gasteiger partial charge is 0.392 e. The monoisotopic (exact) mass is 234 g/mol. The summed E-state index contributed by atoms with van der Waals surface area (Å²) < 4.78 is 14.6. The van der Waals surface area contributed by atoms with E-state index in [-0.39, 0.29) is 12.4 Å². The van der Waals surface area contributed by atoms with Crippen LogP contribution in [-0.4, -0.2) is 14.9 Å². The highest BCUT2D eigenvalue weighted by atomic mass is 19.1. The van der Waals surface area contributed by atoms with Crippen LogP contribution in [0.15, 0.2) is 30.5 Å². The van der Waals surface area contributed by atoms with E-state index >= 15 is 0 Å². The second kappa shape index (κ2) is 5.10. The van der Waals surface area contributed by atoms with Crippen molar-refractivity contribution < 1.29 is 9.50 Å². The van der Waals surface area contributed by atoms with E-state index < -0.39 is 0 Å². The van der Waals surface area contributed by atoms with Crippen LogP contribution in [0.4, 0.5) is 4.39 Å². The predicted molar refractivity (Wildman–Crippen MR) is 63.0 cm³/mol. The molecule has 4 heteroatoms.